The molecule has 7 heteroatoms. The van der Waals surface area contributed by atoms with Crippen molar-refractivity contribution >= 4 is 11.4 Å². The minimum absolute atomic E-state index is 0.116. The Labute approximate surface area is 109 Å². The number of nitrogens with one attached hydrogen (secondary N) is 2. The fourth-order valence-electron chi connectivity index (χ4n) is 1.69. The average Bonchev–Trinajstić information content (AvgIpc) is 2.92. The number of anilines is 1. The van der Waals surface area contributed by atoms with Crippen molar-refractivity contribution < 1.29 is 4.92 Å². The molecule has 2 N–H and O–H groups in total. The molecule has 1 heterocycles. The summed E-state index contributed by atoms with van der Waals surface area (Å²) in [4.78, 5) is 10.5. The van der Waals surface area contributed by atoms with Gasteiger partial charge in [-0.3, -0.25) is 15.2 Å². The molecule has 0 aliphatic heterocycles. The van der Waals surface area contributed by atoms with Crippen molar-refractivity contribution in [3.05, 3.63) is 51.8 Å². The van der Waals surface area contributed by atoms with Gasteiger partial charge in [-0.15, -0.1) is 0 Å². The minimum Gasteiger partial charge on any atom is -0.373 e. The van der Waals surface area contributed by atoms with Gasteiger partial charge in [-0.05, 0) is 19.1 Å². The summed E-state index contributed by atoms with van der Waals surface area (Å²) in [5.74, 6) is 0. The molecule has 96 valence electrons. The molecule has 0 amide bonds. The van der Waals surface area contributed by atoms with Crippen LogP contribution in [0.15, 0.2) is 30.6 Å². The number of nitriles is 1. The Morgan fingerprint density at radius 3 is 2.95 bits per heavy atom. The molecule has 1 aromatic heterocycles. The number of nitro benzene ring substituents is 1. The van der Waals surface area contributed by atoms with Crippen molar-refractivity contribution in [2.45, 2.75) is 13.0 Å². The topological polar surface area (TPSA) is 108 Å². The van der Waals surface area contributed by atoms with Crippen LogP contribution in [0, 0.1) is 21.4 Å². The van der Waals surface area contributed by atoms with Crippen molar-refractivity contribution in [2.24, 2.45) is 0 Å². The van der Waals surface area contributed by atoms with Crippen LogP contribution in [0.3, 0.4) is 0 Å². The fraction of sp³-hybridized carbons (Fsp3) is 0.167. The van der Waals surface area contributed by atoms with E-state index in [1.807, 2.05) is 13.0 Å². The Balaban J connectivity index is 2.30. The van der Waals surface area contributed by atoms with Crippen LogP contribution in [0.4, 0.5) is 11.4 Å². The quantitative estimate of drug-likeness (QED) is 0.645. The SMILES string of the molecule is CC(Nc1ccc(C#N)cc1[N+](=O)[O-])c1cn[nH]c1. The van der Waals surface area contributed by atoms with E-state index in [2.05, 4.69) is 15.5 Å². The molecule has 2 aromatic rings. The lowest BCUT2D eigenvalue weighted by atomic mass is 10.1. The van der Waals surface area contributed by atoms with Gasteiger partial charge in [0.25, 0.3) is 5.69 Å². The number of nitro groups is 1. The average molecular weight is 257 g/mol. The molecular formula is C12H11N5O2. The van der Waals surface area contributed by atoms with Gasteiger partial charge in [0, 0.05) is 17.8 Å². The second-order valence-corrected chi connectivity index (χ2v) is 4.00. The molecule has 0 spiro atoms. The highest BCUT2D eigenvalue weighted by atomic mass is 16.6. The summed E-state index contributed by atoms with van der Waals surface area (Å²) in [7, 11) is 0. The summed E-state index contributed by atoms with van der Waals surface area (Å²) < 4.78 is 0. The van der Waals surface area contributed by atoms with Gasteiger partial charge >= 0.3 is 0 Å². The second kappa shape index (κ2) is 5.18. The third-order valence-electron chi connectivity index (χ3n) is 2.71. The van der Waals surface area contributed by atoms with Gasteiger partial charge in [-0.25, -0.2) is 0 Å². The van der Waals surface area contributed by atoms with Crippen molar-refractivity contribution in [1.29, 1.82) is 5.26 Å². The predicted octanol–water partition coefficient (Wildman–Crippen LogP) is 2.36. The maximum Gasteiger partial charge on any atom is 0.293 e. The Kier molecular flexibility index (Phi) is 3.43. The van der Waals surface area contributed by atoms with E-state index in [9.17, 15) is 10.1 Å². The number of hydrogen-bond acceptors (Lipinski definition) is 5. The molecule has 1 unspecified atom stereocenters. The smallest absolute Gasteiger partial charge is 0.293 e. The van der Waals surface area contributed by atoms with Crippen LogP contribution in [0.5, 0.6) is 0 Å². The molecule has 0 fully saturated rings. The number of rotatable bonds is 4. The molecule has 0 radical (unpaired) electrons. The zero-order valence-electron chi connectivity index (χ0n) is 10.1. The Bertz CT molecular complexity index is 630. The summed E-state index contributed by atoms with van der Waals surface area (Å²) in [5, 5.41) is 29.3. The summed E-state index contributed by atoms with van der Waals surface area (Å²) in [6.45, 7) is 1.87. The maximum atomic E-state index is 11.0. The van der Waals surface area contributed by atoms with Crippen molar-refractivity contribution in [2.75, 3.05) is 5.32 Å². The summed E-state index contributed by atoms with van der Waals surface area (Å²) in [6, 6.07) is 6.08. The van der Waals surface area contributed by atoms with Gasteiger partial charge in [-0.2, -0.15) is 10.4 Å². The van der Waals surface area contributed by atoms with E-state index in [1.165, 1.54) is 18.2 Å². The number of hydrogen-bond donors (Lipinski definition) is 2. The number of H-pyrrole nitrogens is 1. The molecule has 19 heavy (non-hydrogen) atoms. The monoisotopic (exact) mass is 257 g/mol. The zero-order valence-corrected chi connectivity index (χ0v) is 10.1. The summed E-state index contributed by atoms with van der Waals surface area (Å²) in [5.41, 5.74) is 1.40. The molecule has 0 aliphatic carbocycles. The molecule has 0 aliphatic rings. The largest absolute Gasteiger partial charge is 0.373 e. The Morgan fingerprint density at radius 2 is 2.37 bits per heavy atom. The number of aromatic nitrogens is 2. The van der Waals surface area contributed by atoms with E-state index in [1.54, 1.807) is 12.4 Å². The normalized spacial score (nSPS) is 11.6. The minimum atomic E-state index is -0.509. The molecule has 1 aromatic carbocycles. The van der Waals surface area contributed by atoms with E-state index >= 15 is 0 Å². The first-order chi connectivity index (χ1) is 9.11. The highest BCUT2D eigenvalue weighted by Gasteiger charge is 2.17. The van der Waals surface area contributed by atoms with Gasteiger partial charge in [0.2, 0.25) is 0 Å². The van der Waals surface area contributed by atoms with Crippen molar-refractivity contribution in [3.8, 4) is 6.07 Å². The Hall–Kier alpha value is -2.88. The Morgan fingerprint density at radius 1 is 1.58 bits per heavy atom. The summed E-state index contributed by atoms with van der Waals surface area (Å²) >= 11 is 0. The van der Waals surface area contributed by atoms with Gasteiger partial charge in [-0.1, -0.05) is 0 Å². The van der Waals surface area contributed by atoms with Crippen molar-refractivity contribution in [3.63, 3.8) is 0 Å². The van der Waals surface area contributed by atoms with Crippen LogP contribution in [-0.2, 0) is 0 Å². The number of benzene rings is 1. The van der Waals surface area contributed by atoms with Gasteiger partial charge < -0.3 is 5.32 Å². The molecule has 0 saturated heterocycles. The lowest BCUT2D eigenvalue weighted by Gasteiger charge is -2.13. The highest BCUT2D eigenvalue weighted by molar-refractivity contribution is 5.64. The molecular weight excluding hydrogens is 246 g/mol. The van der Waals surface area contributed by atoms with Gasteiger partial charge in [0.1, 0.15) is 5.69 Å². The standard InChI is InChI=1S/C12H11N5O2/c1-8(10-6-14-15-7-10)16-11-3-2-9(5-13)4-12(11)17(18)19/h2-4,6-8,16H,1H3,(H,14,15). The van der Waals surface area contributed by atoms with Crippen LogP contribution in [0.2, 0.25) is 0 Å². The third kappa shape index (κ3) is 2.69. The molecule has 2 rings (SSSR count). The first kappa shape index (κ1) is 12.6. The second-order valence-electron chi connectivity index (χ2n) is 4.00. The number of nitrogens with zero attached hydrogens (tertiary/aromatic N) is 3. The van der Waals surface area contributed by atoms with Gasteiger partial charge in [0.15, 0.2) is 0 Å². The molecule has 1 atom stereocenters. The number of aromatic amines is 1. The maximum absolute atomic E-state index is 11.0. The van der Waals surface area contributed by atoms with E-state index in [0.717, 1.165) is 5.56 Å². The van der Waals surface area contributed by atoms with E-state index in [0.29, 0.717) is 5.69 Å². The van der Waals surface area contributed by atoms with Crippen LogP contribution in [-0.4, -0.2) is 15.1 Å². The molecule has 0 bridgehead atoms. The van der Waals surface area contributed by atoms with Crippen molar-refractivity contribution in [1.82, 2.24) is 10.2 Å². The first-order valence-corrected chi connectivity index (χ1v) is 5.55. The fourth-order valence-corrected chi connectivity index (χ4v) is 1.69. The lowest BCUT2D eigenvalue weighted by Crippen LogP contribution is -2.07. The summed E-state index contributed by atoms with van der Waals surface area (Å²) in [6.07, 6.45) is 3.36. The predicted molar refractivity (Wildman–Crippen MR) is 68.4 cm³/mol. The van der Waals surface area contributed by atoms with Crippen LogP contribution in [0.25, 0.3) is 0 Å². The molecule has 0 saturated carbocycles. The van der Waals surface area contributed by atoms with Crippen LogP contribution >= 0.6 is 0 Å². The first-order valence-electron chi connectivity index (χ1n) is 5.55. The van der Waals surface area contributed by atoms with Crippen LogP contribution in [0.1, 0.15) is 24.1 Å². The third-order valence-corrected chi connectivity index (χ3v) is 2.71. The molecule has 7 nitrogen and oxygen atoms in total. The van der Waals surface area contributed by atoms with E-state index < -0.39 is 4.92 Å². The highest BCUT2D eigenvalue weighted by Crippen LogP contribution is 2.28. The van der Waals surface area contributed by atoms with Gasteiger partial charge in [0.05, 0.1) is 28.8 Å². The van der Waals surface area contributed by atoms with E-state index in [-0.39, 0.29) is 17.3 Å². The van der Waals surface area contributed by atoms with E-state index in [4.69, 9.17) is 5.26 Å². The lowest BCUT2D eigenvalue weighted by molar-refractivity contribution is -0.384. The van der Waals surface area contributed by atoms with Crippen LogP contribution < -0.4 is 5.32 Å². The zero-order chi connectivity index (χ0) is 13.8.